The first-order valence-corrected chi connectivity index (χ1v) is 41.3. The van der Waals surface area contributed by atoms with Crippen molar-refractivity contribution in [3.8, 4) is 50.8 Å². The molecule has 27 nitrogen and oxygen atoms in total. The number of aryl methyl sites for hydroxylation is 7. The van der Waals surface area contributed by atoms with Gasteiger partial charge in [0.2, 0.25) is 0 Å². The number of ether oxygens (including phenoxy) is 1. The summed E-state index contributed by atoms with van der Waals surface area (Å²) in [7, 11) is 0. The fourth-order valence-electron chi connectivity index (χ4n) is 16.8. The van der Waals surface area contributed by atoms with Crippen molar-refractivity contribution in [3.63, 3.8) is 0 Å². The average Bonchev–Trinajstić information content (AvgIpc) is 1.49. The van der Waals surface area contributed by atoms with E-state index in [-0.39, 0.29) is 23.9 Å². The van der Waals surface area contributed by atoms with Crippen LogP contribution >= 0.6 is 0 Å². The summed E-state index contributed by atoms with van der Waals surface area (Å²) >= 11 is 0. The highest BCUT2D eigenvalue weighted by molar-refractivity contribution is 5.87. The summed E-state index contributed by atoms with van der Waals surface area (Å²) in [6.45, 7) is 25.6. The Balaban J connectivity index is 0.000000114. The van der Waals surface area contributed by atoms with Gasteiger partial charge in [0.05, 0.1) is 97.8 Å². The van der Waals surface area contributed by atoms with Gasteiger partial charge >= 0.3 is 22.5 Å². The molecule has 12 aromatic heterocycles. The summed E-state index contributed by atoms with van der Waals surface area (Å²) in [4.78, 5) is 96.2. The molecule has 0 bridgehead atoms. The van der Waals surface area contributed by atoms with Crippen molar-refractivity contribution in [1.29, 1.82) is 0 Å². The van der Waals surface area contributed by atoms with Gasteiger partial charge in [-0.15, -0.1) is 0 Å². The van der Waals surface area contributed by atoms with Crippen molar-refractivity contribution in [1.82, 2.24) is 67.3 Å². The first-order valence-electron chi connectivity index (χ1n) is 41.3. The molecule has 0 amide bonds. The van der Waals surface area contributed by atoms with Crippen LogP contribution in [0.3, 0.4) is 0 Å². The Labute approximate surface area is 689 Å². The maximum atomic E-state index is 12.8. The summed E-state index contributed by atoms with van der Waals surface area (Å²) in [6.07, 6.45) is 25.7. The zero-order valence-corrected chi connectivity index (χ0v) is 68.8. The van der Waals surface area contributed by atoms with E-state index in [1.807, 2.05) is 188 Å². The number of anilines is 2. The van der Waals surface area contributed by atoms with Crippen molar-refractivity contribution in [2.45, 2.75) is 131 Å². The zero-order chi connectivity index (χ0) is 83.2. The number of likely N-dealkylation sites (tertiary alicyclic amines) is 2. The first kappa shape index (κ1) is 79.8. The number of aromatic nitrogens is 12. The Morgan fingerprint density at radius 3 is 1.35 bits per heavy atom. The molecule has 4 saturated heterocycles. The molecule has 20 rings (SSSR count). The van der Waals surface area contributed by atoms with Gasteiger partial charge in [0, 0.05) is 152 Å². The predicted molar refractivity (Wildman–Crippen MR) is 465 cm³/mol. The van der Waals surface area contributed by atoms with Gasteiger partial charge in [-0.05, 0) is 218 Å². The second-order valence-electron chi connectivity index (χ2n) is 32.6. The Bertz CT molecular complexity index is 6800. The third-order valence-corrected chi connectivity index (χ3v) is 23.4. The van der Waals surface area contributed by atoms with Crippen molar-refractivity contribution in [2.75, 3.05) is 88.5 Å². The standard InChI is InChI=1S/C24H25FN4O2.C23H25N5O2.C23H24N4O3.C22H23N5O2/c1-16-14-29-15-21(27-23(29)13-26-16)20-11-19-4-3-18(12-22(19)31-24(20)30)17-5-9-28(10-6-17)8-2-7-25;1-14-12-28-13-19(26-21(28)15(2)25-14)18-10-16-4-5-17(11-20(16)30-22(18)29)27-8-6-23(3,24)7-9-27;1-15-13-27-14-20(25-22(27)16(2)24-15)19-11-17-5-6-18(12-21(17)30-23(19)28)29-10-9-26-7-3-4-8-26;1-13-11-27-12-19(25-21(27)14(2)24-13)18-9-15-3-4-17(10-20(15)29-22(18)28)26-7-5-16(23)6-8-26/h3-4,11-15,17H,2,5-10H2,1H3;4-5,10-13H,6-9,24H2,1-3H3;5-6,11-14H,3-4,7-10H2,1-2H3;3-4,9-12,16H,5-8,23H2,1-2H3. The molecule has 16 aromatic rings. The third-order valence-electron chi connectivity index (χ3n) is 23.4. The van der Waals surface area contributed by atoms with Gasteiger partial charge in [0.1, 0.15) is 34.7 Å². The van der Waals surface area contributed by atoms with Gasteiger partial charge in [-0.2, -0.15) is 0 Å². The van der Waals surface area contributed by atoms with Crippen LogP contribution in [0.4, 0.5) is 15.8 Å². The Hall–Kier alpha value is -12.6. The minimum Gasteiger partial charge on any atom is -0.492 e. The largest absolute Gasteiger partial charge is 0.492 e. The van der Waals surface area contributed by atoms with E-state index in [1.54, 1.807) is 12.3 Å². The van der Waals surface area contributed by atoms with Gasteiger partial charge in [0.15, 0.2) is 22.6 Å². The lowest BCUT2D eigenvalue weighted by molar-refractivity contribution is 0.204. The molecular formula is C92H97FN18O9. The van der Waals surface area contributed by atoms with Crippen LogP contribution in [0.15, 0.2) is 190 Å². The minimum atomic E-state index is -0.414. The topological polar surface area (TPSA) is 316 Å². The second kappa shape index (κ2) is 33.6. The molecule has 16 heterocycles. The van der Waals surface area contributed by atoms with E-state index < -0.39 is 16.9 Å². The summed E-state index contributed by atoms with van der Waals surface area (Å²) in [5.41, 5.74) is 29.2. The molecule has 4 fully saturated rings. The molecule has 28 heteroatoms. The smallest absolute Gasteiger partial charge is 0.345 e. The number of fused-ring (bicyclic) bond motifs is 8. The fraction of sp³-hybridized carbons (Fsp3) is 0.348. The summed E-state index contributed by atoms with van der Waals surface area (Å²) < 4.78 is 48.5. The van der Waals surface area contributed by atoms with Gasteiger partial charge in [0.25, 0.3) is 0 Å². The highest BCUT2D eigenvalue weighted by Gasteiger charge is 2.28. The quantitative estimate of drug-likeness (QED) is 0.0955. The van der Waals surface area contributed by atoms with Crippen LogP contribution in [-0.2, 0) is 0 Å². The number of hydrogen-bond donors (Lipinski definition) is 2. The molecule has 616 valence electrons. The highest BCUT2D eigenvalue weighted by atomic mass is 19.1. The van der Waals surface area contributed by atoms with Crippen molar-refractivity contribution in [3.05, 3.63) is 240 Å². The molecule has 0 unspecified atom stereocenters. The van der Waals surface area contributed by atoms with E-state index in [9.17, 15) is 23.6 Å². The molecule has 0 radical (unpaired) electrons. The zero-order valence-electron chi connectivity index (χ0n) is 68.8. The first-order chi connectivity index (χ1) is 57.9. The van der Waals surface area contributed by atoms with Crippen molar-refractivity contribution >= 4 is 77.8 Å². The number of piperidine rings is 3. The maximum absolute atomic E-state index is 12.8. The molecular weight excluding hydrogens is 1520 g/mol. The molecule has 120 heavy (non-hydrogen) atoms. The number of benzene rings is 4. The van der Waals surface area contributed by atoms with Crippen LogP contribution in [-0.4, -0.2) is 158 Å². The van der Waals surface area contributed by atoms with Crippen LogP contribution in [0.2, 0.25) is 0 Å². The van der Waals surface area contributed by atoms with Crippen molar-refractivity contribution in [2.24, 2.45) is 11.5 Å². The number of nitrogens with zero attached hydrogens (tertiary/aromatic N) is 16. The second-order valence-corrected chi connectivity index (χ2v) is 32.6. The monoisotopic (exact) mass is 1620 g/mol. The summed E-state index contributed by atoms with van der Waals surface area (Å²) in [5, 5.41) is 3.46. The summed E-state index contributed by atoms with van der Waals surface area (Å²) in [6, 6.07) is 31.5. The van der Waals surface area contributed by atoms with Gasteiger partial charge in [-0.3, -0.25) is 29.2 Å². The summed E-state index contributed by atoms with van der Waals surface area (Å²) in [5.74, 6) is 1.15. The molecule has 4 aliphatic heterocycles. The maximum Gasteiger partial charge on any atom is 0.345 e. The Morgan fingerprint density at radius 1 is 0.450 bits per heavy atom. The van der Waals surface area contributed by atoms with Crippen LogP contribution in [0.1, 0.15) is 116 Å². The molecule has 0 saturated carbocycles. The lowest BCUT2D eigenvalue weighted by Gasteiger charge is -2.38. The molecule has 0 spiro atoms. The van der Waals surface area contributed by atoms with E-state index in [1.165, 1.54) is 18.4 Å². The highest BCUT2D eigenvalue weighted by Crippen LogP contribution is 2.35. The normalized spacial score (nSPS) is 15.6. The van der Waals surface area contributed by atoms with Crippen LogP contribution in [0.5, 0.6) is 5.75 Å². The molecule has 4 N–H and O–H groups in total. The third kappa shape index (κ3) is 17.3. The number of imidazole rings is 4. The molecule has 0 aliphatic carbocycles. The Morgan fingerprint density at radius 2 is 0.867 bits per heavy atom. The van der Waals surface area contributed by atoms with Gasteiger partial charge in [-0.1, -0.05) is 12.1 Å². The van der Waals surface area contributed by atoms with Crippen LogP contribution < -0.4 is 48.5 Å². The van der Waals surface area contributed by atoms with Gasteiger partial charge in [-0.25, -0.2) is 39.1 Å². The van der Waals surface area contributed by atoms with Gasteiger partial charge < -0.3 is 66.2 Å². The van der Waals surface area contributed by atoms with E-state index in [0.29, 0.717) is 97.7 Å². The minimum absolute atomic E-state index is 0.102. The lowest BCUT2D eigenvalue weighted by atomic mass is 9.89. The number of nitrogens with two attached hydrogens (primary N) is 2. The van der Waals surface area contributed by atoms with E-state index in [2.05, 4.69) is 84.6 Å². The van der Waals surface area contributed by atoms with E-state index in [4.69, 9.17) is 33.9 Å². The number of rotatable bonds is 14. The fourth-order valence-corrected chi connectivity index (χ4v) is 16.8. The number of halogens is 1. The molecule has 4 aliphatic rings. The molecule has 4 aromatic carbocycles. The number of hydrogen-bond acceptors (Lipinski definition) is 23. The van der Waals surface area contributed by atoms with E-state index >= 15 is 0 Å². The Kier molecular flexibility index (Phi) is 22.4. The van der Waals surface area contributed by atoms with Crippen LogP contribution in [0.25, 0.3) is 111 Å². The average molecular weight is 1620 g/mol. The molecule has 0 atom stereocenters. The van der Waals surface area contributed by atoms with Crippen molar-refractivity contribution < 1.29 is 26.8 Å². The number of alkyl halides is 1. The van der Waals surface area contributed by atoms with E-state index in [0.717, 1.165) is 194 Å². The lowest BCUT2D eigenvalue weighted by Crippen LogP contribution is -2.48. The van der Waals surface area contributed by atoms with Crippen LogP contribution in [0, 0.1) is 48.5 Å². The SMILES string of the molecule is Cc1cn2cc(-c3cc4ccc(C5CCN(CCCF)CC5)cc4oc3=O)nc2cn1.Cc1cn2cc(-c3cc4ccc(N5CCC(C)(N)CC5)cc4oc3=O)nc2c(C)n1.Cc1cn2cc(-c3cc4ccc(N5CCC(N)CC5)cc4oc3=O)nc2c(C)n1.Cc1cn2cc(-c3cc4ccc(OCCN5CCCC5)cc4oc3=O)nc2c(C)n1. The predicted octanol–water partition coefficient (Wildman–Crippen LogP) is 14.4.